The number of thiophene rings is 1. The molecule has 1 aliphatic heterocycles. The molecule has 4 rings (SSSR count). The van der Waals surface area contributed by atoms with Gasteiger partial charge in [-0.1, -0.05) is 24.3 Å². The highest BCUT2D eigenvalue weighted by Gasteiger charge is 2.21. The molecule has 0 bridgehead atoms. The van der Waals surface area contributed by atoms with Gasteiger partial charge in [0.15, 0.2) is 11.5 Å². The molecule has 0 spiro atoms. The Labute approximate surface area is 126 Å². The van der Waals surface area contributed by atoms with Crippen LogP contribution in [0.15, 0.2) is 41.8 Å². The van der Waals surface area contributed by atoms with E-state index >= 15 is 0 Å². The maximum absolute atomic E-state index is 5.81. The van der Waals surface area contributed by atoms with Gasteiger partial charge in [0.25, 0.3) is 0 Å². The zero-order valence-electron chi connectivity index (χ0n) is 11.6. The summed E-state index contributed by atoms with van der Waals surface area (Å²) in [6.07, 6.45) is 0. The maximum Gasteiger partial charge on any atom is 0.179 e. The second kappa shape index (κ2) is 4.97. The highest BCUT2D eigenvalue weighted by atomic mass is 32.1. The van der Waals surface area contributed by atoms with Crippen molar-refractivity contribution in [2.75, 3.05) is 20.3 Å². The molecule has 0 radical (unpaired) electrons. The molecule has 3 nitrogen and oxygen atoms in total. The van der Waals surface area contributed by atoms with Crippen LogP contribution >= 0.6 is 11.3 Å². The molecule has 0 saturated heterocycles. The SMILES string of the molecule is COc1ccc(-c2scc3c2OCCO3)c2ccccc12. The van der Waals surface area contributed by atoms with Crippen molar-refractivity contribution in [3.05, 3.63) is 41.8 Å². The third-order valence-electron chi connectivity index (χ3n) is 3.65. The van der Waals surface area contributed by atoms with Crippen molar-refractivity contribution in [1.29, 1.82) is 0 Å². The number of hydrogen-bond donors (Lipinski definition) is 0. The molecule has 106 valence electrons. The van der Waals surface area contributed by atoms with Crippen LogP contribution in [0.2, 0.25) is 0 Å². The summed E-state index contributed by atoms with van der Waals surface area (Å²) in [4.78, 5) is 1.11. The van der Waals surface area contributed by atoms with Crippen molar-refractivity contribution in [3.8, 4) is 27.7 Å². The first-order valence-corrected chi connectivity index (χ1v) is 7.69. The summed E-state index contributed by atoms with van der Waals surface area (Å²) in [5.41, 5.74) is 1.16. The van der Waals surface area contributed by atoms with Crippen molar-refractivity contribution < 1.29 is 14.2 Å². The van der Waals surface area contributed by atoms with Crippen LogP contribution in [-0.4, -0.2) is 20.3 Å². The molecule has 3 aromatic rings. The lowest BCUT2D eigenvalue weighted by atomic mass is 10.0. The number of rotatable bonds is 2. The fraction of sp³-hybridized carbons (Fsp3) is 0.176. The van der Waals surface area contributed by atoms with Gasteiger partial charge in [-0.15, -0.1) is 11.3 Å². The van der Waals surface area contributed by atoms with Crippen LogP contribution in [-0.2, 0) is 0 Å². The Hall–Kier alpha value is -2.20. The molecule has 0 aliphatic carbocycles. The monoisotopic (exact) mass is 298 g/mol. The van der Waals surface area contributed by atoms with Gasteiger partial charge >= 0.3 is 0 Å². The van der Waals surface area contributed by atoms with E-state index in [1.54, 1.807) is 18.4 Å². The van der Waals surface area contributed by atoms with Gasteiger partial charge in [-0.3, -0.25) is 0 Å². The van der Waals surface area contributed by atoms with E-state index in [1.165, 1.54) is 0 Å². The minimum Gasteiger partial charge on any atom is -0.496 e. The summed E-state index contributed by atoms with van der Waals surface area (Å²) in [6.45, 7) is 1.22. The first-order valence-electron chi connectivity index (χ1n) is 6.81. The number of methoxy groups -OCH3 is 1. The van der Waals surface area contributed by atoms with Crippen LogP contribution in [0.1, 0.15) is 0 Å². The Morgan fingerprint density at radius 1 is 1.00 bits per heavy atom. The Bertz CT molecular complexity index is 807. The van der Waals surface area contributed by atoms with Gasteiger partial charge in [0.05, 0.1) is 12.0 Å². The lowest BCUT2D eigenvalue weighted by Gasteiger charge is -2.17. The lowest BCUT2D eigenvalue weighted by Crippen LogP contribution is -2.14. The molecule has 0 fully saturated rings. The Morgan fingerprint density at radius 3 is 2.67 bits per heavy atom. The summed E-state index contributed by atoms with van der Waals surface area (Å²) in [5, 5.41) is 4.29. The Morgan fingerprint density at radius 2 is 1.81 bits per heavy atom. The smallest absolute Gasteiger partial charge is 0.179 e. The van der Waals surface area contributed by atoms with E-state index in [-0.39, 0.29) is 0 Å². The molecule has 0 saturated carbocycles. The third-order valence-corrected chi connectivity index (χ3v) is 4.62. The molecule has 2 heterocycles. The largest absolute Gasteiger partial charge is 0.496 e. The number of benzene rings is 2. The van der Waals surface area contributed by atoms with E-state index in [9.17, 15) is 0 Å². The number of fused-ring (bicyclic) bond motifs is 2. The van der Waals surface area contributed by atoms with Gasteiger partial charge in [0.2, 0.25) is 0 Å². The predicted octanol–water partition coefficient (Wildman–Crippen LogP) is 4.35. The van der Waals surface area contributed by atoms with Crippen molar-refractivity contribution in [2.45, 2.75) is 0 Å². The van der Waals surface area contributed by atoms with Gasteiger partial charge < -0.3 is 14.2 Å². The Kier molecular flexibility index (Phi) is 2.97. The quantitative estimate of drug-likeness (QED) is 0.704. The van der Waals surface area contributed by atoms with Crippen LogP contribution < -0.4 is 14.2 Å². The fourth-order valence-electron chi connectivity index (χ4n) is 2.70. The van der Waals surface area contributed by atoms with E-state index < -0.39 is 0 Å². The number of hydrogen-bond acceptors (Lipinski definition) is 4. The van der Waals surface area contributed by atoms with Crippen molar-refractivity contribution in [1.82, 2.24) is 0 Å². The van der Waals surface area contributed by atoms with Crippen molar-refractivity contribution in [2.24, 2.45) is 0 Å². The molecular weight excluding hydrogens is 284 g/mol. The van der Waals surface area contributed by atoms with E-state index in [0.29, 0.717) is 13.2 Å². The first-order chi connectivity index (χ1) is 10.4. The maximum atomic E-state index is 5.81. The molecule has 0 unspecified atom stereocenters. The van der Waals surface area contributed by atoms with Crippen LogP contribution in [0.25, 0.3) is 21.2 Å². The molecule has 21 heavy (non-hydrogen) atoms. The highest BCUT2D eigenvalue weighted by molar-refractivity contribution is 7.14. The van der Waals surface area contributed by atoms with Crippen LogP contribution in [0.4, 0.5) is 0 Å². The van der Waals surface area contributed by atoms with E-state index in [1.807, 2.05) is 23.6 Å². The van der Waals surface area contributed by atoms with E-state index in [4.69, 9.17) is 14.2 Å². The standard InChI is InChI=1S/C17H14O3S/c1-18-14-7-6-13(11-4-2-3-5-12(11)14)17-16-15(10-21-17)19-8-9-20-16/h2-7,10H,8-9H2,1H3. The molecule has 4 heteroatoms. The van der Waals surface area contributed by atoms with Gasteiger partial charge in [-0.25, -0.2) is 0 Å². The van der Waals surface area contributed by atoms with Crippen LogP contribution in [0, 0.1) is 0 Å². The molecule has 2 aromatic carbocycles. The molecule has 0 amide bonds. The summed E-state index contributed by atoms with van der Waals surface area (Å²) in [6, 6.07) is 12.4. The fourth-order valence-corrected chi connectivity index (χ4v) is 3.67. The minimum absolute atomic E-state index is 0.602. The summed E-state index contributed by atoms with van der Waals surface area (Å²) >= 11 is 1.66. The van der Waals surface area contributed by atoms with E-state index in [0.717, 1.165) is 38.5 Å². The number of ether oxygens (including phenoxy) is 3. The van der Waals surface area contributed by atoms with Crippen LogP contribution in [0.5, 0.6) is 17.2 Å². The molecule has 1 aliphatic rings. The summed E-state index contributed by atoms with van der Waals surface area (Å²) in [5.74, 6) is 2.60. The van der Waals surface area contributed by atoms with Gasteiger partial charge in [-0.05, 0) is 17.5 Å². The van der Waals surface area contributed by atoms with Gasteiger partial charge in [0, 0.05) is 16.3 Å². The molecular formula is C17H14O3S. The third kappa shape index (κ3) is 1.94. The topological polar surface area (TPSA) is 27.7 Å². The van der Waals surface area contributed by atoms with Crippen LogP contribution in [0.3, 0.4) is 0 Å². The molecule has 1 aromatic heterocycles. The average Bonchev–Trinajstić information content (AvgIpc) is 2.98. The normalized spacial score (nSPS) is 13.4. The average molecular weight is 298 g/mol. The minimum atomic E-state index is 0.602. The summed E-state index contributed by atoms with van der Waals surface area (Å²) < 4.78 is 16.9. The summed E-state index contributed by atoms with van der Waals surface area (Å²) in [7, 11) is 1.70. The lowest BCUT2D eigenvalue weighted by molar-refractivity contribution is 0.174. The second-order valence-electron chi connectivity index (χ2n) is 4.82. The predicted molar refractivity (Wildman–Crippen MR) is 84.8 cm³/mol. The second-order valence-corrected chi connectivity index (χ2v) is 5.70. The Balaban J connectivity index is 1.97. The van der Waals surface area contributed by atoms with Crippen molar-refractivity contribution in [3.63, 3.8) is 0 Å². The first kappa shape index (κ1) is 12.5. The zero-order chi connectivity index (χ0) is 14.2. The molecule has 0 N–H and O–H groups in total. The van der Waals surface area contributed by atoms with Gasteiger partial charge in [0.1, 0.15) is 19.0 Å². The van der Waals surface area contributed by atoms with Gasteiger partial charge in [-0.2, -0.15) is 0 Å². The van der Waals surface area contributed by atoms with E-state index in [2.05, 4.69) is 18.2 Å². The zero-order valence-corrected chi connectivity index (χ0v) is 12.4. The molecule has 0 atom stereocenters. The van der Waals surface area contributed by atoms with Crippen molar-refractivity contribution >= 4 is 22.1 Å². The highest BCUT2D eigenvalue weighted by Crippen LogP contribution is 2.48.